The third-order valence-corrected chi connectivity index (χ3v) is 3.51. The number of morpholine rings is 1. The summed E-state index contributed by atoms with van der Waals surface area (Å²) in [6.45, 7) is 6.61. The zero-order chi connectivity index (χ0) is 10.8. The Bertz CT molecular complexity index is 318. The van der Waals surface area contributed by atoms with Gasteiger partial charge in [-0.25, -0.2) is 4.98 Å². The number of nitrogens with two attached hydrogens (primary N) is 1. The van der Waals surface area contributed by atoms with Crippen LogP contribution in [0.3, 0.4) is 0 Å². The molecule has 1 aromatic heterocycles. The number of nitrogens with zero attached hydrogens (tertiary/aromatic N) is 2. The quantitative estimate of drug-likeness (QED) is 0.825. The van der Waals surface area contributed by atoms with Crippen LogP contribution in [0.25, 0.3) is 0 Å². The molecule has 1 fully saturated rings. The molecule has 84 valence electrons. The highest BCUT2D eigenvalue weighted by Gasteiger charge is 2.23. The van der Waals surface area contributed by atoms with Crippen molar-refractivity contribution in [3.8, 4) is 0 Å². The van der Waals surface area contributed by atoms with Crippen molar-refractivity contribution < 1.29 is 4.74 Å². The van der Waals surface area contributed by atoms with Crippen molar-refractivity contribution in [1.82, 2.24) is 4.98 Å². The lowest BCUT2D eigenvalue weighted by molar-refractivity contribution is -0.00522. The fourth-order valence-corrected chi connectivity index (χ4v) is 2.68. The molecule has 2 atom stereocenters. The van der Waals surface area contributed by atoms with Gasteiger partial charge >= 0.3 is 0 Å². The second-order valence-corrected chi connectivity index (χ2v) is 5.07. The van der Waals surface area contributed by atoms with Crippen LogP contribution in [0.2, 0.25) is 0 Å². The smallest absolute Gasteiger partial charge is 0.185 e. The molecule has 0 bridgehead atoms. The maximum absolute atomic E-state index is 5.68. The van der Waals surface area contributed by atoms with Crippen LogP contribution in [0, 0.1) is 0 Å². The van der Waals surface area contributed by atoms with Gasteiger partial charge in [0.2, 0.25) is 0 Å². The van der Waals surface area contributed by atoms with Gasteiger partial charge in [-0.15, -0.1) is 11.3 Å². The summed E-state index contributed by atoms with van der Waals surface area (Å²) in [5.41, 5.74) is 5.57. The number of hydrogen-bond donors (Lipinski definition) is 1. The molecule has 0 saturated carbocycles. The Balaban J connectivity index is 2.09. The summed E-state index contributed by atoms with van der Waals surface area (Å²) >= 11 is 1.68. The van der Waals surface area contributed by atoms with Gasteiger partial charge in [0.25, 0.3) is 0 Å². The molecule has 0 unspecified atom stereocenters. The Morgan fingerprint density at radius 3 is 2.73 bits per heavy atom. The van der Waals surface area contributed by atoms with Gasteiger partial charge in [-0.1, -0.05) is 0 Å². The molecule has 0 radical (unpaired) electrons. The van der Waals surface area contributed by atoms with E-state index in [1.54, 1.807) is 11.3 Å². The van der Waals surface area contributed by atoms with Gasteiger partial charge in [0, 0.05) is 30.7 Å². The van der Waals surface area contributed by atoms with Gasteiger partial charge in [-0.05, 0) is 13.8 Å². The molecule has 1 aliphatic rings. The maximum atomic E-state index is 5.68. The zero-order valence-corrected chi connectivity index (χ0v) is 9.96. The van der Waals surface area contributed by atoms with Crippen LogP contribution < -0.4 is 10.6 Å². The summed E-state index contributed by atoms with van der Waals surface area (Å²) < 4.78 is 5.68. The van der Waals surface area contributed by atoms with Crippen molar-refractivity contribution in [2.45, 2.75) is 32.6 Å². The molecule has 2 N–H and O–H groups in total. The number of anilines is 1. The van der Waals surface area contributed by atoms with Crippen LogP contribution in [-0.4, -0.2) is 30.3 Å². The van der Waals surface area contributed by atoms with Crippen LogP contribution in [0.1, 0.15) is 18.7 Å². The molecule has 0 spiro atoms. The zero-order valence-electron chi connectivity index (χ0n) is 9.14. The lowest BCUT2D eigenvalue weighted by Gasteiger charge is -2.35. The highest BCUT2D eigenvalue weighted by atomic mass is 32.1. The fraction of sp³-hybridized carbons (Fsp3) is 0.700. The first-order chi connectivity index (χ1) is 7.19. The second kappa shape index (κ2) is 4.47. The van der Waals surface area contributed by atoms with Crippen LogP contribution in [-0.2, 0) is 11.3 Å². The topological polar surface area (TPSA) is 51.4 Å². The Kier molecular flexibility index (Phi) is 3.23. The number of rotatable bonds is 2. The van der Waals surface area contributed by atoms with Crippen molar-refractivity contribution in [2.75, 3.05) is 18.0 Å². The summed E-state index contributed by atoms with van der Waals surface area (Å²) in [6.07, 6.45) is 2.42. The minimum Gasteiger partial charge on any atom is -0.372 e. The Morgan fingerprint density at radius 2 is 2.20 bits per heavy atom. The van der Waals surface area contributed by atoms with E-state index in [0.717, 1.165) is 23.1 Å². The molecule has 2 rings (SSSR count). The molecule has 0 aromatic carbocycles. The first-order valence-corrected chi connectivity index (χ1v) is 6.06. The van der Waals surface area contributed by atoms with Crippen molar-refractivity contribution in [3.05, 3.63) is 11.1 Å². The average Bonchev–Trinajstić information content (AvgIpc) is 2.64. The molecule has 1 aromatic rings. The van der Waals surface area contributed by atoms with Gasteiger partial charge in [-0.2, -0.15) is 0 Å². The molecule has 5 heteroatoms. The molecule has 0 amide bonds. The minimum atomic E-state index is 0.277. The van der Waals surface area contributed by atoms with Crippen LogP contribution in [0.5, 0.6) is 0 Å². The Morgan fingerprint density at radius 1 is 1.53 bits per heavy atom. The fourth-order valence-electron chi connectivity index (χ4n) is 1.87. The predicted octanol–water partition coefficient (Wildman–Crippen LogP) is 1.22. The molecule has 0 aliphatic carbocycles. The standard InChI is InChI=1S/C10H17N3OS/c1-7-5-13(6-8(2)14-7)10-12-4-9(3-11)15-10/h4,7-8H,3,5-6,11H2,1-2H3/t7-,8+. The molecule has 4 nitrogen and oxygen atoms in total. The van der Waals surface area contributed by atoms with Gasteiger partial charge in [0.05, 0.1) is 12.2 Å². The summed E-state index contributed by atoms with van der Waals surface area (Å²) in [7, 11) is 0. The lowest BCUT2D eigenvalue weighted by atomic mass is 10.2. The van der Waals surface area contributed by atoms with E-state index in [1.165, 1.54) is 0 Å². The van der Waals surface area contributed by atoms with Crippen molar-refractivity contribution in [1.29, 1.82) is 0 Å². The molecule has 2 heterocycles. The third kappa shape index (κ3) is 2.48. The van der Waals surface area contributed by atoms with Crippen LogP contribution >= 0.6 is 11.3 Å². The molecular weight excluding hydrogens is 210 g/mol. The van der Waals surface area contributed by atoms with Gasteiger partial charge in [0.1, 0.15) is 0 Å². The Hall–Kier alpha value is -0.650. The predicted molar refractivity (Wildman–Crippen MR) is 62.2 cm³/mol. The Labute approximate surface area is 94.1 Å². The third-order valence-electron chi connectivity index (χ3n) is 2.43. The van der Waals surface area contributed by atoms with Crippen molar-refractivity contribution in [2.24, 2.45) is 5.73 Å². The SMILES string of the molecule is C[C@@H]1CN(c2ncc(CN)s2)C[C@H](C)O1. The summed E-state index contributed by atoms with van der Waals surface area (Å²) in [6, 6.07) is 0. The summed E-state index contributed by atoms with van der Waals surface area (Å²) in [5, 5.41) is 1.07. The minimum absolute atomic E-state index is 0.277. The molecule has 15 heavy (non-hydrogen) atoms. The van der Waals surface area contributed by atoms with E-state index in [2.05, 4.69) is 23.7 Å². The number of ether oxygens (including phenoxy) is 1. The van der Waals surface area contributed by atoms with Crippen molar-refractivity contribution >= 4 is 16.5 Å². The maximum Gasteiger partial charge on any atom is 0.185 e. The largest absolute Gasteiger partial charge is 0.372 e. The lowest BCUT2D eigenvalue weighted by Crippen LogP contribution is -2.45. The van der Waals surface area contributed by atoms with Crippen molar-refractivity contribution in [3.63, 3.8) is 0 Å². The van der Waals surface area contributed by atoms with Gasteiger partial charge in [-0.3, -0.25) is 0 Å². The van der Waals surface area contributed by atoms with E-state index in [9.17, 15) is 0 Å². The molecule has 1 saturated heterocycles. The van der Waals surface area contributed by atoms with E-state index in [1.807, 2.05) is 6.20 Å². The first kappa shape index (κ1) is 10.9. The number of aromatic nitrogens is 1. The molecule has 1 aliphatic heterocycles. The van der Waals surface area contributed by atoms with E-state index in [4.69, 9.17) is 10.5 Å². The monoisotopic (exact) mass is 227 g/mol. The average molecular weight is 227 g/mol. The highest BCUT2D eigenvalue weighted by Crippen LogP contribution is 2.25. The van der Waals surface area contributed by atoms with E-state index >= 15 is 0 Å². The van der Waals surface area contributed by atoms with E-state index in [0.29, 0.717) is 6.54 Å². The number of hydrogen-bond acceptors (Lipinski definition) is 5. The molecular formula is C10H17N3OS. The normalized spacial score (nSPS) is 27.0. The first-order valence-electron chi connectivity index (χ1n) is 5.24. The van der Waals surface area contributed by atoms with Crippen LogP contribution in [0.15, 0.2) is 6.20 Å². The number of thiazole rings is 1. The summed E-state index contributed by atoms with van der Waals surface area (Å²) in [4.78, 5) is 7.80. The van der Waals surface area contributed by atoms with Crippen LogP contribution in [0.4, 0.5) is 5.13 Å². The van der Waals surface area contributed by atoms with E-state index < -0.39 is 0 Å². The van der Waals surface area contributed by atoms with E-state index in [-0.39, 0.29) is 12.2 Å². The summed E-state index contributed by atoms with van der Waals surface area (Å²) in [5.74, 6) is 0. The highest BCUT2D eigenvalue weighted by molar-refractivity contribution is 7.15. The van der Waals surface area contributed by atoms with Gasteiger partial charge < -0.3 is 15.4 Å². The second-order valence-electron chi connectivity index (χ2n) is 3.98. The van der Waals surface area contributed by atoms with Gasteiger partial charge in [0.15, 0.2) is 5.13 Å².